The molecule has 0 spiro atoms. The molecule has 1 atom stereocenters. The summed E-state index contributed by atoms with van der Waals surface area (Å²) in [4.78, 5) is 11.1. The van der Waals surface area contributed by atoms with E-state index < -0.39 is 23.1 Å². The van der Waals surface area contributed by atoms with Crippen LogP contribution < -0.4 is 0 Å². The van der Waals surface area contributed by atoms with Crippen molar-refractivity contribution in [1.29, 1.82) is 0 Å². The van der Waals surface area contributed by atoms with Crippen LogP contribution in [0.5, 0.6) is 0 Å². The maximum atomic E-state index is 11.1. The Kier molecular flexibility index (Phi) is 4.60. The zero-order valence-corrected chi connectivity index (χ0v) is 9.87. The fourth-order valence-corrected chi connectivity index (χ4v) is 2.31. The van der Waals surface area contributed by atoms with Crippen molar-refractivity contribution in [3.05, 3.63) is 12.2 Å². The molecule has 0 aromatic heterocycles. The quantitative estimate of drug-likeness (QED) is 0.591. The Balaban J connectivity index is 2.31. The first-order chi connectivity index (χ1) is 7.39. The first-order valence-corrected chi connectivity index (χ1v) is 6.41. The van der Waals surface area contributed by atoms with Crippen LogP contribution in [0, 0.1) is 0 Å². The lowest BCUT2D eigenvalue weighted by molar-refractivity contribution is 0.0209. The molecule has 0 radical (unpaired) electrons. The van der Waals surface area contributed by atoms with E-state index in [1.165, 1.54) is 0 Å². The number of carbonyl (C=O) groups is 1. The molecule has 94 valence electrons. The molecule has 1 fully saturated rings. The van der Waals surface area contributed by atoms with Gasteiger partial charge in [-0.05, 0) is 12.5 Å². The molecule has 0 aromatic rings. The molecule has 6 nitrogen and oxygen atoms in total. The fraction of sp³-hybridized carbons (Fsp3) is 0.667. The molecule has 1 heterocycles. The molecule has 1 aliphatic rings. The first-order valence-electron chi connectivity index (χ1n) is 4.77. The van der Waals surface area contributed by atoms with Crippen molar-refractivity contribution in [2.75, 3.05) is 19.0 Å². The van der Waals surface area contributed by atoms with Gasteiger partial charge in [0.15, 0.2) is 0 Å². The second kappa shape index (κ2) is 5.53. The van der Waals surface area contributed by atoms with E-state index in [9.17, 15) is 13.9 Å². The highest BCUT2D eigenvalue weighted by Crippen LogP contribution is 2.44. The molecule has 0 bridgehead atoms. The van der Waals surface area contributed by atoms with E-state index in [0.29, 0.717) is 12.0 Å². The summed E-state index contributed by atoms with van der Waals surface area (Å²) in [6, 6.07) is 0. The Bertz CT molecular complexity index is 277. The van der Waals surface area contributed by atoms with Gasteiger partial charge in [-0.1, -0.05) is 6.58 Å². The summed E-state index contributed by atoms with van der Waals surface area (Å²) in [7, 11) is -3.06. The Hall–Kier alpha value is -0.760. The van der Waals surface area contributed by atoms with Gasteiger partial charge in [0, 0.05) is 6.42 Å². The zero-order valence-electron chi connectivity index (χ0n) is 9.05. The molecule has 1 aliphatic heterocycles. The standard InChI is InChI=1S/C9H16O6S/c1-7(2)5-13-9(10)15-8-3-4-14-16(11,12)6-8/h8,11-12H,1,3-6H2,2H3. The van der Waals surface area contributed by atoms with Gasteiger partial charge in [-0.15, -0.1) is 0 Å². The Morgan fingerprint density at radius 1 is 1.62 bits per heavy atom. The highest BCUT2D eigenvalue weighted by atomic mass is 32.3. The monoisotopic (exact) mass is 252 g/mol. The van der Waals surface area contributed by atoms with Gasteiger partial charge in [-0.25, -0.2) is 4.79 Å². The number of rotatable bonds is 3. The highest BCUT2D eigenvalue weighted by Gasteiger charge is 2.31. The molecule has 1 saturated heterocycles. The lowest BCUT2D eigenvalue weighted by Gasteiger charge is -2.34. The minimum atomic E-state index is -3.06. The van der Waals surface area contributed by atoms with Gasteiger partial charge < -0.3 is 18.6 Å². The molecule has 2 N–H and O–H groups in total. The third-order valence-electron chi connectivity index (χ3n) is 1.81. The lowest BCUT2D eigenvalue weighted by atomic mass is 10.3. The summed E-state index contributed by atoms with van der Waals surface area (Å²) >= 11 is 0. The number of carbonyl (C=O) groups excluding carboxylic acids is 1. The Labute approximate surface area is 95.7 Å². The van der Waals surface area contributed by atoms with E-state index in [4.69, 9.17) is 13.7 Å². The van der Waals surface area contributed by atoms with E-state index in [1.807, 2.05) is 0 Å². The van der Waals surface area contributed by atoms with Crippen molar-refractivity contribution >= 4 is 17.0 Å². The SMILES string of the molecule is C=C(C)COC(=O)OC1CCOS(O)(O)C1. The van der Waals surface area contributed by atoms with E-state index in [2.05, 4.69) is 6.58 Å². The van der Waals surface area contributed by atoms with Gasteiger partial charge in [0.2, 0.25) is 0 Å². The summed E-state index contributed by atoms with van der Waals surface area (Å²) in [5.41, 5.74) is 0.702. The van der Waals surface area contributed by atoms with Crippen LogP contribution in [-0.2, 0) is 13.7 Å². The third-order valence-corrected chi connectivity index (χ3v) is 3.16. The topological polar surface area (TPSA) is 85.2 Å². The Morgan fingerprint density at radius 3 is 2.88 bits per heavy atom. The van der Waals surface area contributed by atoms with Crippen molar-refractivity contribution in [2.45, 2.75) is 19.4 Å². The summed E-state index contributed by atoms with van der Waals surface area (Å²) in [5.74, 6) is -0.102. The minimum Gasteiger partial charge on any atom is -0.430 e. The Morgan fingerprint density at radius 2 is 2.31 bits per heavy atom. The van der Waals surface area contributed by atoms with E-state index in [1.54, 1.807) is 6.92 Å². The minimum absolute atomic E-state index is 0.0955. The van der Waals surface area contributed by atoms with Crippen LogP contribution in [-0.4, -0.2) is 40.3 Å². The van der Waals surface area contributed by atoms with Crippen molar-refractivity contribution in [3.8, 4) is 0 Å². The molecular formula is C9H16O6S. The maximum absolute atomic E-state index is 11.1. The summed E-state index contributed by atoms with van der Waals surface area (Å²) in [5, 5.41) is 0. The third kappa shape index (κ3) is 4.84. The largest absolute Gasteiger partial charge is 0.508 e. The van der Waals surface area contributed by atoms with Crippen LogP contribution in [0.1, 0.15) is 13.3 Å². The van der Waals surface area contributed by atoms with Gasteiger partial charge in [-0.2, -0.15) is 0 Å². The first kappa shape index (κ1) is 13.3. The van der Waals surface area contributed by atoms with Crippen molar-refractivity contribution in [1.82, 2.24) is 0 Å². The lowest BCUT2D eigenvalue weighted by Crippen LogP contribution is -2.32. The molecule has 16 heavy (non-hydrogen) atoms. The van der Waals surface area contributed by atoms with Gasteiger partial charge in [-0.3, -0.25) is 4.18 Å². The smallest absolute Gasteiger partial charge is 0.430 e. The molecule has 1 unspecified atom stereocenters. The number of ether oxygens (including phenoxy) is 2. The van der Waals surface area contributed by atoms with Crippen LogP contribution in [0.15, 0.2) is 12.2 Å². The predicted octanol–water partition coefficient (Wildman–Crippen LogP) is 2.17. The number of hydrogen-bond donors (Lipinski definition) is 2. The van der Waals surface area contributed by atoms with Gasteiger partial charge in [0.1, 0.15) is 12.7 Å². The second-order valence-electron chi connectivity index (χ2n) is 3.62. The molecule has 0 amide bonds. The summed E-state index contributed by atoms with van der Waals surface area (Å²) in [6.45, 7) is 5.54. The number of hydrogen-bond acceptors (Lipinski definition) is 6. The summed E-state index contributed by atoms with van der Waals surface area (Å²) < 4.78 is 32.8. The maximum Gasteiger partial charge on any atom is 0.508 e. The van der Waals surface area contributed by atoms with Gasteiger partial charge in [0.05, 0.1) is 23.2 Å². The van der Waals surface area contributed by atoms with Gasteiger partial charge >= 0.3 is 6.16 Å². The zero-order chi connectivity index (χ0) is 12.2. The molecule has 0 saturated carbocycles. The second-order valence-corrected chi connectivity index (χ2v) is 5.40. The van der Waals surface area contributed by atoms with E-state index >= 15 is 0 Å². The van der Waals surface area contributed by atoms with Gasteiger partial charge in [0.25, 0.3) is 0 Å². The average Bonchev–Trinajstić information content (AvgIpc) is 2.13. The molecular weight excluding hydrogens is 236 g/mol. The van der Waals surface area contributed by atoms with Crippen LogP contribution in [0.3, 0.4) is 0 Å². The summed E-state index contributed by atoms with van der Waals surface area (Å²) in [6.07, 6.45) is -0.973. The average molecular weight is 252 g/mol. The van der Waals surface area contributed by atoms with Crippen LogP contribution in [0.4, 0.5) is 4.79 Å². The predicted molar refractivity (Wildman–Crippen MR) is 59.3 cm³/mol. The van der Waals surface area contributed by atoms with Crippen molar-refractivity contribution in [2.24, 2.45) is 0 Å². The molecule has 1 rings (SSSR count). The van der Waals surface area contributed by atoms with Crippen LogP contribution in [0.25, 0.3) is 0 Å². The normalized spacial score (nSPS) is 25.6. The molecule has 7 heteroatoms. The van der Waals surface area contributed by atoms with E-state index in [0.717, 1.165) is 0 Å². The highest BCUT2D eigenvalue weighted by molar-refractivity contribution is 8.20. The van der Waals surface area contributed by atoms with Crippen LogP contribution in [0.2, 0.25) is 0 Å². The fourth-order valence-electron chi connectivity index (χ4n) is 1.13. The molecule has 0 aromatic carbocycles. The van der Waals surface area contributed by atoms with E-state index in [-0.39, 0.29) is 19.0 Å². The molecule has 0 aliphatic carbocycles. The van der Waals surface area contributed by atoms with Crippen molar-refractivity contribution in [3.63, 3.8) is 0 Å². The van der Waals surface area contributed by atoms with Crippen LogP contribution >= 0.6 is 10.9 Å². The van der Waals surface area contributed by atoms with Crippen molar-refractivity contribution < 1.29 is 27.6 Å².